The van der Waals surface area contributed by atoms with Gasteiger partial charge in [0.2, 0.25) is 0 Å². The van der Waals surface area contributed by atoms with Crippen molar-refractivity contribution >= 4 is 29.0 Å². The molecule has 3 rings (SSSR count). The number of imide groups is 1. The fourth-order valence-corrected chi connectivity index (χ4v) is 4.23. The number of nitrogens with zero attached hydrogens (tertiary/aromatic N) is 2. The van der Waals surface area contributed by atoms with Crippen LogP contribution in [0.15, 0.2) is 29.2 Å². The summed E-state index contributed by atoms with van der Waals surface area (Å²) in [6.07, 6.45) is 7.47. The summed E-state index contributed by atoms with van der Waals surface area (Å²) in [5.74, 6) is -0.193. The van der Waals surface area contributed by atoms with Gasteiger partial charge in [-0.1, -0.05) is 38.3 Å². The Hall–Kier alpha value is -2.06. The summed E-state index contributed by atoms with van der Waals surface area (Å²) in [7, 11) is 0. The molecule has 0 radical (unpaired) electrons. The van der Waals surface area contributed by atoms with Crippen LogP contribution in [0.1, 0.15) is 50.2 Å². The first-order chi connectivity index (χ1) is 11.5. The van der Waals surface area contributed by atoms with Gasteiger partial charge in [0.15, 0.2) is 0 Å². The largest absolute Gasteiger partial charge is 0.293 e. The first-order valence-corrected chi connectivity index (χ1v) is 9.08. The topological polar surface area (TPSA) is 61.2 Å². The molecule has 0 bridgehead atoms. The molecule has 4 nitrogen and oxygen atoms in total. The van der Waals surface area contributed by atoms with Gasteiger partial charge < -0.3 is 0 Å². The number of thioether (sulfide) groups is 1. The predicted octanol–water partition coefficient (Wildman–Crippen LogP) is 4.56. The molecule has 0 unspecified atom stereocenters. The van der Waals surface area contributed by atoms with Gasteiger partial charge >= 0.3 is 0 Å². The summed E-state index contributed by atoms with van der Waals surface area (Å²) >= 11 is 1.01. The van der Waals surface area contributed by atoms with E-state index in [1.807, 2.05) is 0 Å². The van der Waals surface area contributed by atoms with Gasteiger partial charge in [-0.05, 0) is 53.8 Å². The van der Waals surface area contributed by atoms with Gasteiger partial charge in [-0.2, -0.15) is 5.26 Å². The summed E-state index contributed by atoms with van der Waals surface area (Å²) in [6.45, 7) is 2.70. The van der Waals surface area contributed by atoms with Crippen molar-refractivity contribution in [2.75, 3.05) is 6.54 Å². The van der Waals surface area contributed by atoms with Crippen LogP contribution in [0.5, 0.6) is 0 Å². The van der Waals surface area contributed by atoms with Crippen LogP contribution < -0.4 is 0 Å². The molecule has 2 aliphatic rings. The van der Waals surface area contributed by atoms with Gasteiger partial charge in [0.05, 0.1) is 16.5 Å². The van der Waals surface area contributed by atoms with Gasteiger partial charge in [-0.3, -0.25) is 14.5 Å². The molecule has 2 amide bonds. The van der Waals surface area contributed by atoms with Crippen molar-refractivity contribution in [3.8, 4) is 6.07 Å². The van der Waals surface area contributed by atoms with E-state index in [9.17, 15) is 9.59 Å². The van der Waals surface area contributed by atoms with Crippen LogP contribution in [0.3, 0.4) is 0 Å². The molecule has 1 aliphatic carbocycles. The van der Waals surface area contributed by atoms with Crippen LogP contribution in [0, 0.1) is 16.7 Å². The molecule has 2 fully saturated rings. The summed E-state index contributed by atoms with van der Waals surface area (Å²) in [6, 6.07) is 9.05. The predicted molar refractivity (Wildman–Crippen MR) is 95.0 cm³/mol. The molecular formula is C19H20N2O2S. The summed E-state index contributed by atoms with van der Waals surface area (Å²) in [5.41, 5.74) is 1.45. The Bertz CT molecular complexity index is 725. The highest BCUT2D eigenvalue weighted by atomic mass is 32.2. The normalized spacial score (nSPS) is 22.0. The Labute approximate surface area is 146 Å². The number of amides is 2. The number of hydrogen-bond acceptors (Lipinski definition) is 4. The second-order valence-electron chi connectivity index (χ2n) is 6.87. The Morgan fingerprint density at radius 2 is 1.88 bits per heavy atom. The van der Waals surface area contributed by atoms with Crippen molar-refractivity contribution in [2.24, 2.45) is 5.41 Å². The molecule has 124 valence electrons. The van der Waals surface area contributed by atoms with Crippen LogP contribution in [0.4, 0.5) is 4.79 Å². The Balaban J connectivity index is 1.75. The zero-order chi connectivity index (χ0) is 17.2. The zero-order valence-electron chi connectivity index (χ0n) is 13.7. The first kappa shape index (κ1) is 16.8. The Morgan fingerprint density at radius 1 is 1.21 bits per heavy atom. The summed E-state index contributed by atoms with van der Waals surface area (Å²) in [5, 5.41) is 8.65. The molecule has 0 aromatic heterocycles. The van der Waals surface area contributed by atoms with E-state index in [1.54, 1.807) is 30.3 Å². The van der Waals surface area contributed by atoms with E-state index in [-0.39, 0.29) is 16.6 Å². The zero-order valence-corrected chi connectivity index (χ0v) is 14.6. The molecule has 1 heterocycles. The van der Waals surface area contributed by atoms with Gasteiger partial charge in [0.25, 0.3) is 11.1 Å². The maximum Gasteiger partial charge on any atom is 0.293 e. The number of hydrogen-bond donors (Lipinski definition) is 0. The minimum atomic E-state index is -0.193. The average Bonchev–Trinajstić information content (AvgIpc) is 2.83. The van der Waals surface area contributed by atoms with Crippen molar-refractivity contribution in [1.29, 1.82) is 5.26 Å². The van der Waals surface area contributed by atoms with E-state index in [0.717, 1.165) is 30.2 Å². The molecule has 0 atom stereocenters. The SMILES string of the molecule is CC1(CN2C(=O)S/C(=C/c3ccc(C#N)cc3)C2=O)CCCCC1. The lowest BCUT2D eigenvalue weighted by molar-refractivity contribution is -0.124. The molecule has 1 saturated heterocycles. The smallest absolute Gasteiger partial charge is 0.268 e. The van der Waals surface area contributed by atoms with E-state index in [2.05, 4.69) is 13.0 Å². The average molecular weight is 340 g/mol. The van der Waals surface area contributed by atoms with Crippen LogP contribution in [-0.2, 0) is 4.79 Å². The number of carbonyl (C=O) groups excluding carboxylic acids is 2. The quantitative estimate of drug-likeness (QED) is 0.757. The molecule has 1 aliphatic heterocycles. The third-order valence-corrected chi connectivity index (χ3v) is 5.72. The van der Waals surface area contributed by atoms with Gasteiger partial charge in [-0.25, -0.2) is 0 Å². The van der Waals surface area contributed by atoms with Crippen molar-refractivity contribution < 1.29 is 9.59 Å². The highest BCUT2D eigenvalue weighted by molar-refractivity contribution is 8.18. The van der Waals surface area contributed by atoms with E-state index >= 15 is 0 Å². The molecule has 0 N–H and O–H groups in total. The van der Waals surface area contributed by atoms with Crippen LogP contribution in [-0.4, -0.2) is 22.6 Å². The summed E-state index contributed by atoms with van der Waals surface area (Å²) in [4.78, 5) is 26.8. The maximum absolute atomic E-state index is 12.6. The minimum absolute atomic E-state index is 0.0496. The molecule has 1 aromatic rings. The van der Waals surface area contributed by atoms with E-state index in [4.69, 9.17) is 5.26 Å². The van der Waals surface area contributed by atoms with Gasteiger partial charge in [0, 0.05) is 6.54 Å². The van der Waals surface area contributed by atoms with Crippen molar-refractivity contribution in [2.45, 2.75) is 39.0 Å². The highest BCUT2D eigenvalue weighted by Crippen LogP contribution is 2.40. The van der Waals surface area contributed by atoms with Crippen LogP contribution in [0.2, 0.25) is 0 Å². The number of nitriles is 1. The lowest BCUT2D eigenvalue weighted by Crippen LogP contribution is -2.39. The van der Waals surface area contributed by atoms with Crippen LogP contribution >= 0.6 is 11.8 Å². The van der Waals surface area contributed by atoms with Gasteiger partial charge in [-0.15, -0.1) is 0 Å². The molecule has 0 spiro atoms. The second-order valence-corrected chi connectivity index (χ2v) is 7.87. The molecule has 5 heteroatoms. The number of carbonyl (C=O) groups is 2. The second kappa shape index (κ2) is 6.82. The Kier molecular flexibility index (Phi) is 4.77. The third-order valence-electron chi connectivity index (χ3n) is 4.81. The van der Waals surface area contributed by atoms with E-state index < -0.39 is 0 Å². The lowest BCUT2D eigenvalue weighted by Gasteiger charge is -2.35. The third kappa shape index (κ3) is 3.54. The van der Waals surface area contributed by atoms with Gasteiger partial charge in [0.1, 0.15) is 0 Å². The van der Waals surface area contributed by atoms with Crippen molar-refractivity contribution in [3.63, 3.8) is 0 Å². The molecule has 1 saturated carbocycles. The van der Waals surface area contributed by atoms with E-state index in [1.165, 1.54) is 24.2 Å². The minimum Gasteiger partial charge on any atom is -0.268 e. The first-order valence-electron chi connectivity index (χ1n) is 8.26. The fourth-order valence-electron chi connectivity index (χ4n) is 3.39. The number of rotatable bonds is 3. The number of benzene rings is 1. The lowest BCUT2D eigenvalue weighted by atomic mass is 9.75. The van der Waals surface area contributed by atoms with Crippen molar-refractivity contribution in [1.82, 2.24) is 4.90 Å². The maximum atomic E-state index is 12.6. The molecule has 1 aromatic carbocycles. The van der Waals surface area contributed by atoms with E-state index in [0.29, 0.717) is 17.0 Å². The molecular weight excluding hydrogens is 320 g/mol. The fraction of sp³-hybridized carbons (Fsp3) is 0.421. The standard InChI is InChI=1S/C19H20N2O2S/c1-19(9-3-2-4-10-19)13-21-17(22)16(24-18(21)23)11-14-5-7-15(12-20)8-6-14/h5-8,11H,2-4,9-10,13H2,1H3/b16-11+. The monoisotopic (exact) mass is 340 g/mol. The molecule has 24 heavy (non-hydrogen) atoms. The van der Waals surface area contributed by atoms with Crippen LogP contribution in [0.25, 0.3) is 6.08 Å². The Morgan fingerprint density at radius 3 is 2.50 bits per heavy atom. The highest BCUT2D eigenvalue weighted by Gasteiger charge is 2.40. The van der Waals surface area contributed by atoms with Crippen molar-refractivity contribution in [3.05, 3.63) is 40.3 Å². The summed E-state index contributed by atoms with van der Waals surface area (Å²) < 4.78 is 0.